The summed E-state index contributed by atoms with van der Waals surface area (Å²) in [6, 6.07) is 14.5. The van der Waals surface area contributed by atoms with Crippen LogP contribution in [0.5, 0.6) is 0 Å². The highest BCUT2D eigenvalue weighted by Gasteiger charge is 2.34. The predicted molar refractivity (Wildman–Crippen MR) is 140 cm³/mol. The zero-order valence-corrected chi connectivity index (χ0v) is 20.4. The van der Waals surface area contributed by atoms with Crippen LogP contribution in [0.4, 0.5) is 17.3 Å². The molecule has 1 aliphatic carbocycles. The summed E-state index contributed by atoms with van der Waals surface area (Å²) in [6.45, 7) is 5.75. The zero-order chi connectivity index (χ0) is 24.8. The predicted octanol–water partition coefficient (Wildman–Crippen LogP) is 4.49. The molecule has 1 saturated carbocycles. The van der Waals surface area contributed by atoms with E-state index in [0.29, 0.717) is 30.1 Å². The molecule has 4 aromatic rings. The average molecular weight is 484 g/mol. The number of aromatic nitrogens is 4. The van der Waals surface area contributed by atoms with E-state index in [2.05, 4.69) is 47.3 Å². The second-order valence-corrected chi connectivity index (χ2v) is 9.97. The fraction of sp³-hybridized carbons (Fsp3) is 0.407. The van der Waals surface area contributed by atoms with E-state index in [0.717, 1.165) is 47.3 Å². The molecule has 0 radical (unpaired) electrons. The highest BCUT2D eigenvalue weighted by Crippen LogP contribution is 2.43. The van der Waals surface area contributed by atoms with Crippen LogP contribution in [0.2, 0.25) is 0 Å². The van der Waals surface area contributed by atoms with Gasteiger partial charge in [-0.3, -0.25) is 9.48 Å². The lowest BCUT2D eigenvalue weighted by Crippen LogP contribution is -2.47. The molecule has 36 heavy (non-hydrogen) atoms. The number of aromatic amines is 1. The molecule has 2 N–H and O–H groups in total. The highest BCUT2D eigenvalue weighted by molar-refractivity contribution is 5.92. The lowest BCUT2D eigenvalue weighted by atomic mass is 10.1. The fourth-order valence-electron chi connectivity index (χ4n) is 5.18. The molecule has 1 aromatic carbocycles. The number of anilines is 3. The van der Waals surface area contributed by atoms with Gasteiger partial charge in [0.25, 0.3) is 5.56 Å². The Bertz CT molecular complexity index is 1530. The molecule has 3 aromatic heterocycles. The minimum Gasteiger partial charge on any atom is -0.375 e. The topological polar surface area (TPSA) is 112 Å². The zero-order valence-electron chi connectivity index (χ0n) is 20.4. The van der Waals surface area contributed by atoms with Crippen LogP contribution in [-0.2, 0) is 4.74 Å². The van der Waals surface area contributed by atoms with Crippen LogP contribution in [0.1, 0.15) is 39.2 Å². The molecule has 4 heterocycles. The van der Waals surface area contributed by atoms with Crippen LogP contribution < -0.4 is 15.8 Å². The standard InChI is InChI=1S/C27H29N7O2/c1-16-15-36-17(2)14-33(16)24-8-5-19-13-20(6-7-21(19)31-24)30-26-25-23(10-12-29-27(25)35)34(32-26)22(9-11-28)18-3-4-18/h5-8,10,12-13,16-18,22H,3-4,9,14-15H2,1-2H3,(H,29,35)(H,30,32)/t16-,17-,22?/m1/s1. The fourth-order valence-corrected chi connectivity index (χ4v) is 5.18. The summed E-state index contributed by atoms with van der Waals surface area (Å²) in [5, 5.41) is 19.0. The monoisotopic (exact) mass is 483 g/mol. The Labute approximate surface area is 208 Å². The minimum atomic E-state index is -0.200. The van der Waals surface area contributed by atoms with Crippen molar-refractivity contribution in [1.29, 1.82) is 5.26 Å². The van der Waals surface area contributed by atoms with Crippen molar-refractivity contribution in [2.45, 2.75) is 51.3 Å². The van der Waals surface area contributed by atoms with Gasteiger partial charge in [0.2, 0.25) is 0 Å². The number of hydrogen-bond acceptors (Lipinski definition) is 7. The maximum atomic E-state index is 12.8. The highest BCUT2D eigenvalue weighted by atomic mass is 16.5. The van der Waals surface area contributed by atoms with E-state index in [1.165, 1.54) is 0 Å². The molecular formula is C27H29N7O2. The number of nitriles is 1. The third-order valence-electron chi connectivity index (χ3n) is 7.25. The lowest BCUT2D eigenvalue weighted by Gasteiger charge is -2.37. The van der Waals surface area contributed by atoms with Gasteiger partial charge in [0.05, 0.1) is 48.3 Å². The Balaban J connectivity index is 1.34. The van der Waals surface area contributed by atoms with Crippen molar-refractivity contribution in [3.63, 3.8) is 0 Å². The largest absolute Gasteiger partial charge is 0.375 e. The summed E-state index contributed by atoms with van der Waals surface area (Å²) >= 11 is 0. The molecule has 6 rings (SSSR count). The Morgan fingerprint density at radius 1 is 1.25 bits per heavy atom. The summed E-state index contributed by atoms with van der Waals surface area (Å²) in [7, 11) is 0. The Morgan fingerprint density at radius 2 is 2.11 bits per heavy atom. The number of nitrogens with zero attached hydrogens (tertiary/aromatic N) is 5. The van der Waals surface area contributed by atoms with Crippen molar-refractivity contribution < 1.29 is 4.74 Å². The van der Waals surface area contributed by atoms with Gasteiger partial charge in [0, 0.05) is 23.8 Å². The molecule has 9 nitrogen and oxygen atoms in total. The second-order valence-electron chi connectivity index (χ2n) is 9.97. The molecular weight excluding hydrogens is 454 g/mol. The number of benzene rings is 1. The first kappa shape index (κ1) is 22.6. The van der Waals surface area contributed by atoms with Crippen LogP contribution in [0.25, 0.3) is 21.8 Å². The van der Waals surface area contributed by atoms with Crippen molar-refractivity contribution in [3.8, 4) is 6.07 Å². The Morgan fingerprint density at radius 3 is 2.92 bits per heavy atom. The SMILES string of the molecule is C[C@@H]1CN(c2ccc3cc(Nc4nn(C(CC#N)C5CC5)c5cc[nH]c(=O)c45)ccc3n2)[C@H](C)CO1. The van der Waals surface area contributed by atoms with Crippen LogP contribution in [-0.4, -0.2) is 45.0 Å². The summed E-state index contributed by atoms with van der Waals surface area (Å²) in [4.78, 5) is 22.7. The van der Waals surface area contributed by atoms with E-state index in [1.54, 1.807) is 6.20 Å². The summed E-state index contributed by atoms with van der Waals surface area (Å²) in [6.07, 6.45) is 4.36. The quantitative estimate of drug-likeness (QED) is 0.415. The van der Waals surface area contributed by atoms with Gasteiger partial charge in [0.15, 0.2) is 5.82 Å². The van der Waals surface area contributed by atoms with Gasteiger partial charge in [-0.25, -0.2) is 4.98 Å². The van der Waals surface area contributed by atoms with Crippen molar-refractivity contribution >= 4 is 39.1 Å². The smallest absolute Gasteiger partial charge is 0.261 e. The third kappa shape index (κ3) is 4.07. The molecule has 3 atom stereocenters. The molecule has 1 unspecified atom stereocenters. The van der Waals surface area contributed by atoms with Crippen LogP contribution >= 0.6 is 0 Å². The van der Waals surface area contributed by atoms with Crippen molar-refractivity contribution in [3.05, 3.63) is 52.9 Å². The molecule has 1 aliphatic heterocycles. The van der Waals surface area contributed by atoms with E-state index in [4.69, 9.17) is 14.8 Å². The molecule has 0 bridgehead atoms. The Hall–Kier alpha value is -3.90. The van der Waals surface area contributed by atoms with Crippen molar-refractivity contribution in [1.82, 2.24) is 19.7 Å². The van der Waals surface area contributed by atoms with Crippen molar-refractivity contribution in [2.24, 2.45) is 5.92 Å². The van der Waals surface area contributed by atoms with Crippen LogP contribution in [0.3, 0.4) is 0 Å². The maximum Gasteiger partial charge on any atom is 0.261 e. The van der Waals surface area contributed by atoms with E-state index in [1.807, 2.05) is 28.9 Å². The lowest BCUT2D eigenvalue weighted by molar-refractivity contribution is 0.0341. The van der Waals surface area contributed by atoms with Gasteiger partial charge in [0.1, 0.15) is 11.2 Å². The maximum absolute atomic E-state index is 12.8. The van der Waals surface area contributed by atoms with E-state index in [9.17, 15) is 10.1 Å². The average Bonchev–Trinajstić information content (AvgIpc) is 3.66. The number of hydrogen-bond donors (Lipinski definition) is 2. The minimum absolute atomic E-state index is 0.0284. The molecule has 2 fully saturated rings. The number of fused-ring (bicyclic) bond motifs is 2. The van der Waals surface area contributed by atoms with Crippen LogP contribution in [0.15, 0.2) is 47.4 Å². The third-order valence-corrected chi connectivity index (χ3v) is 7.25. The molecule has 0 spiro atoms. The number of rotatable bonds is 6. The first-order valence-corrected chi connectivity index (χ1v) is 12.5. The first-order chi connectivity index (χ1) is 17.5. The van der Waals surface area contributed by atoms with Gasteiger partial charge >= 0.3 is 0 Å². The summed E-state index contributed by atoms with van der Waals surface area (Å²) in [5.41, 5.74) is 2.27. The van der Waals surface area contributed by atoms with E-state index in [-0.39, 0.29) is 23.7 Å². The van der Waals surface area contributed by atoms with Crippen LogP contribution in [0, 0.1) is 17.2 Å². The molecule has 184 valence electrons. The first-order valence-electron chi connectivity index (χ1n) is 12.5. The molecule has 0 amide bonds. The summed E-state index contributed by atoms with van der Waals surface area (Å²) < 4.78 is 7.63. The molecule has 9 heteroatoms. The number of ether oxygens (including phenoxy) is 1. The van der Waals surface area contributed by atoms with Gasteiger partial charge in [-0.05, 0) is 69.0 Å². The second kappa shape index (κ2) is 8.95. The number of nitrogens with one attached hydrogen (secondary N) is 2. The van der Waals surface area contributed by atoms with E-state index < -0.39 is 0 Å². The number of pyridine rings is 2. The van der Waals surface area contributed by atoms with Gasteiger partial charge in [-0.2, -0.15) is 10.4 Å². The number of H-pyrrole nitrogens is 1. The van der Waals surface area contributed by atoms with Gasteiger partial charge in [-0.1, -0.05) is 0 Å². The van der Waals surface area contributed by atoms with Gasteiger partial charge in [-0.15, -0.1) is 0 Å². The Kier molecular flexibility index (Phi) is 5.61. The van der Waals surface area contributed by atoms with E-state index >= 15 is 0 Å². The summed E-state index contributed by atoms with van der Waals surface area (Å²) in [5.74, 6) is 1.87. The molecule has 1 saturated heterocycles. The molecule has 2 aliphatic rings. The van der Waals surface area contributed by atoms with Gasteiger partial charge < -0.3 is 19.9 Å². The number of morpholine rings is 1. The normalized spacial score (nSPS) is 21.0. The van der Waals surface area contributed by atoms with Crippen molar-refractivity contribution in [2.75, 3.05) is 23.4 Å².